The molecule has 0 saturated carbocycles. The molecular weight excluding hydrogens is 314 g/mol. The summed E-state index contributed by atoms with van der Waals surface area (Å²) in [6.07, 6.45) is 1.49. The van der Waals surface area contributed by atoms with Gasteiger partial charge >= 0.3 is 0 Å². The van der Waals surface area contributed by atoms with E-state index in [0.717, 1.165) is 22.4 Å². The molecule has 23 heavy (non-hydrogen) atoms. The first kappa shape index (κ1) is 17.0. The van der Waals surface area contributed by atoms with Crippen LogP contribution in [-0.2, 0) is 4.79 Å². The lowest BCUT2D eigenvalue weighted by atomic mass is 10.1. The van der Waals surface area contributed by atoms with Crippen LogP contribution in [0.15, 0.2) is 30.5 Å². The van der Waals surface area contributed by atoms with Gasteiger partial charge in [-0.3, -0.25) is 9.59 Å². The van der Waals surface area contributed by atoms with E-state index in [1.807, 2.05) is 32.9 Å². The summed E-state index contributed by atoms with van der Waals surface area (Å²) in [6, 6.07) is 7.16. The fourth-order valence-corrected chi connectivity index (χ4v) is 2.58. The molecule has 0 atom stereocenters. The number of aryl methyl sites for hydroxylation is 3. The molecule has 0 unspecified atom stereocenters. The van der Waals surface area contributed by atoms with Gasteiger partial charge in [-0.1, -0.05) is 29.3 Å². The van der Waals surface area contributed by atoms with E-state index in [9.17, 15) is 9.59 Å². The number of rotatable bonds is 4. The van der Waals surface area contributed by atoms with Gasteiger partial charge < -0.3 is 10.6 Å². The summed E-state index contributed by atoms with van der Waals surface area (Å²) in [4.78, 5) is 27.9. The molecule has 120 valence electrons. The zero-order valence-corrected chi connectivity index (χ0v) is 14.0. The van der Waals surface area contributed by atoms with Crippen LogP contribution in [0.25, 0.3) is 0 Å². The van der Waals surface area contributed by atoms with Crippen LogP contribution < -0.4 is 10.6 Å². The standard InChI is InChI=1S/C17H18ClN3O2/c1-10-7-11(2)15(12(3)8-10)21-14(22)9-20-17(23)13-5-4-6-19-16(13)18/h4-8H,9H2,1-3H3,(H,20,23)(H,21,22). The molecule has 2 N–H and O–H groups in total. The second-order valence-corrected chi connectivity index (χ2v) is 5.70. The number of hydrogen-bond acceptors (Lipinski definition) is 3. The van der Waals surface area contributed by atoms with Gasteiger partial charge in [-0.25, -0.2) is 4.98 Å². The molecule has 2 aromatic rings. The number of anilines is 1. The molecular formula is C17H18ClN3O2. The van der Waals surface area contributed by atoms with E-state index in [4.69, 9.17) is 11.6 Å². The van der Waals surface area contributed by atoms with Crippen LogP contribution in [0.5, 0.6) is 0 Å². The fourth-order valence-electron chi connectivity index (χ4n) is 2.37. The summed E-state index contributed by atoms with van der Waals surface area (Å²) in [7, 11) is 0. The summed E-state index contributed by atoms with van der Waals surface area (Å²) in [5, 5.41) is 5.47. The molecule has 0 saturated heterocycles. The molecule has 1 aromatic carbocycles. The summed E-state index contributed by atoms with van der Waals surface area (Å²) < 4.78 is 0. The van der Waals surface area contributed by atoms with E-state index in [2.05, 4.69) is 15.6 Å². The quantitative estimate of drug-likeness (QED) is 0.846. The number of hydrogen-bond donors (Lipinski definition) is 2. The molecule has 0 bridgehead atoms. The van der Waals surface area contributed by atoms with Gasteiger partial charge in [0.1, 0.15) is 5.15 Å². The lowest BCUT2D eigenvalue weighted by Gasteiger charge is -2.13. The van der Waals surface area contributed by atoms with Crippen LogP contribution in [0.3, 0.4) is 0 Å². The van der Waals surface area contributed by atoms with Crippen LogP contribution in [-0.4, -0.2) is 23.3 Å². The van der Waals surface area contributed by atoms with Gasteiger partial charge in [0.2, 0.25) is 5.91 Å². The van der Waals surface area contributed by atoms with Crippen molar-refractivity contribution in [3.05, 3.63) is 57.9 Å². The third-order valence-corrected chi connectivity index (χ3v) is 3.66. The summed E-state index contributed by atoms with van der Waals surface area (Å²) >= 11 is 5.85. The number of carbonyl (C=O) groups excluding carboxylic acids is 2. The minimum absolute atomic E-state index is 0.107. The number of nitrogens with zero attached hydrogens (tertiary/aromatic N) is 1. The maximum Gasteiger partial charge on any atom is 0.254 e. The van der Waals surface area contributed by atoms with Gasteiger partial charge in [0.15, 0.2) is 0 Å². The van der Waals surface area contributed by atoms with E-state index in [1.165, 1.54) is 6.20 Å². The molecule has 0 aliphatic carbocycles. The summed E-state index contributed by atoms with van der Waals surface area (Å²) in [5.41, 5.74) is 4.12. The molecule has 2 amide bonds. The van der Waals surface area contributed by atoms with Crippen LogP contribution in [0.1, 0.15) is 27.0 Å². The Kier molecular flexibility index (Phi) is 5.34. The third-order valence-electron chi connectivity index (χ3n) is 3.35. The highest BCUT2D eigenvalue weighted by molar-refractivity contribution is 6.32. The van der Waals surface area contributed by atoms with E-state index >= 15 is 0 Å². The highest BCUT2D eigenvalue weighted by atomic mass is 35.5. The van der Waals surface area contributed by atoms with Crippen LogP contribution in [0, 0.1) is 20.8 Å². The van der Waals surface area contributed by atoms with E-state index < -0.39 is 5.91 Å². The predicted octanol–water partition coefficient (Wildman–Crippen LogP) is 3.03. The van der Waals surface area contributed by atoms with Crippen molar-refractivity contribution in [2.45, 2.75) is 20.8 Å². The Morgan fingerprint density at radius 3 is 2.43 bits per heavy atom. The Labute approximate surface area is 140 Å². The van der Waals surface area contributed by atoms with Crippen molar-refractivity contribution in [2.75, 3.05) is 11.9 Å². The SMILES string of the molecule is Cc1cc(C)c(NC(=O)CNC(=O)c2cccnc2Cl)c(C)c1. The van der Waals surface area contributed by atoms with Crippen LogP contribution in [0.2, 0.25) is 5.15 Å². The number of carbonyl (C=O) groups is 2. The Balaban J connectivity index is 1.99. The number of benzene rings is 1. The zero-order valence-electron chi connectivity index (χ0n) is 13.2. The average Bonchev–Trinajstić information content (AvgIpc) is 2.49. The molecule has 0 fully saturated rings. The van der Waals surface area contributed by atoms with Crippen molar-refractivity contribution >= 4 is 29.1 Å². The van der Waals surface area contributed by atoms with Gasteiger partial charge in [-0.2, -0.15) is 0 Å². The Morgan fingerprint density at radius 1 is 1.17 bits per heavy atom. The molecule has 1 heterocycles. The molecule has 6 heteroatoms. The number of nitrogens with one attached hydrogen (secondary N) is 2. The van der Waals surface area contributed by atoms with Crippen molar-refractivity contribution in [1.82, 2.24) is 10.3 Å². The molecule has 0 radical (unpaired) electrons. The lowest BCUT2D eigenvalue weighted by Crippen LogP contribution is -2.33. The minimum Gasteiger partial charge on any atom is -0.343 e. The third kappa shape index (κ3) is 4.29. The molecule has 0 aliphatic heterocycles. The number of aromatic nitrogens is 1. The van der Waals surface area contributed by atoms with Gasteiger partial charge in [0.05, 0.1) is 12.1 Å². The van der Waals surface area contributed by atoms with E-state index in [0.29, 0.717) is 0 Å². The van der Waals surface area contributed by atoms with Gasteiger partial charge in [-0.15, -0.1) is 0 Å². The minimum atomic E-state index is -0.435. The largest absolute Gasteiger partial charge is 0.343 e. The maximum atomic E-state index is 12.0. The first-order valence-corrected chi connectivity index (χ1v) is 7.52. The summed E-state index contributed by atoms with van der Waals surface area (Å²) in [5.74, 6) is -0.732. The second kappa shape index (κ2) is 7.24. The lowest BCUT2D eigenvalue weighted by molar-refractivity contribution is -0.115. The second-order valence-electron chi connectivity index (χ2n) is 5.35. The summed E-state index contributed by atoms with van der Waals surface area (Å²) in [6.45, 7) is 5.73. The first-order chi connectivity index (χ1) is 10.9. The molecule has 5 nitrogen and oxygen atoms in total. The normalized spacial score (nSPS) is 10.3. The first-order valence-electron chi connectivity index (χ1n) is 7.15. The van der Waals surface area contributed by atoms with E-state index in [1.54, 1.807) is 12.1 Å². The average molecular weight is 332 g/mol. The predicted molar refractivity (Wildman–Crippen MR) is 90.9 cm³/mol. The number of amides is 2. The molecule has 2 rings (SSSR count). The Morgan fingerprint density at radius 2 is 1.83 bits per heavy atom. The van der Waals surface area contributed by atoms with Crippen molar-refractivity contribution in [3.8, 4) is 0 Å². The van der Waals surface area contributed by atoms with Gasteiger partial charge in [0.25, 0.3) is 5.91 Å². The fraction of sp³-hybridized carbons (Fsp3) is 0.235. The van der Waals surface area contributed by atoms with Crippen molar-refractivity contribution in [1.29, 1.82) is 0 Å². The molecule has 0 spiro atoms. The zero-order chi connectivity index (χ0) is 17.0. The Hall–Kier alpha value is -2.40. The van der Waals surface area contributed by atoms with E-state index in [-0.39, 0.29) is 23.2 Å². The number of halogens is 1. The van der Waals surface area contributed by atoms with Crippen LogP contribution >= 0.6 is 11.6 Å². The molecule has 1 aromatic heterocycles. The highest BCUT2D eigenvalue weighted by Crippen LogP contribution is 2.21. The van der Waals surface area contributed by atoms with Crippen molar-refractivity contribution < 1.29 is 9.59 Å². The Bertz CT molecular complexity index is 736. The maximum absolute atomic E-state index is 12.0. The number of pyridine rings is 1. The van der Waals surface area contributed by atoms with Crippen molar-refractivity contribution in [3.63, 3.8) is 0 Å². The smallest absolute Gasteiger partial charge is 0.254 e. The van der Waals surface area contributed by atoms with Gasteiger partial charge in [-0.05, 0) is 44.0 Å². The van der Waals surface area contributed by atoms with Crippen molar-refractivity contribution in [2.24, 2.45) is 0 Å². The topological polar surface area (TPSA) is 71.1 Å². The van der Waals surface area contributed by atoms with Gasteiger partial charge in [0, 0.05) is 11.9 Å². The highest BCUT2D eigenvalue weighted by Gasteiger charge is 2.13. The monoisotopic (exact) mass is 331 g/mol. The molecule has 0 aliphatic rings. The van der Waals surface area contributed by atoms with Crippen LogP contribution in [0.4, 0.5) is 5.69 Å².